The second-order valence-corrected chi connectivity index (χ2v) is 7.03. The van der Waals surface area contributed by atoms with E-state index in [1.54, 1.807) is 0 Å². The molecule has 2 atom stereocenters. The van der Waals surface area contributed by atoms with Gasteiger partial charge in [0.05, 0.1) is 0 Å². The normalized spacial score (nSPS) is 50.7. The summed E-state index contributed by atoms with van der Waals surface area (Å²) in [6.07, 6.45) is 9.72. The number of alkyl halides is 2. The van der Waals surface area contributed by atoms with Gasteiger partial charge in [-0.25, -0.2) is 0 Å². The SMILES string of the molecule is BrC12CCCCC1(Br)CCC2. The number of hydrogen-bond acceptors (Lipinski definition) is 0. The highest BCUT2D eigenvalue weighted by Crippen LogP contribution is 2.58. The van der Waals surface area contributed by atoms with E-state index in [1.807, 2.05) is 0 Å². The predicted molar refractivity (Wildman–Crippen MR) is 55.6 cm³/mol. The van der Waals surface area contributed by atoms with E-state index in [2.05, 4.69) is 31.9 Å². The minimum atomic E-state index is 0.457. The van der Waals surface area contributed by atoms with E-state index in [1.165, 1.54) is 44.9 Å². The molecule has 2 rings (SSSR count). The molecule has 2 heteroatoms. The summed E-state index contributed by atoms with van der Waals surface area (Å²) in [5.41, 5.74) is 0. The maximum absolute atomic E-state index is 3.93. The van der Waals surface area contributed by atoms with Crippen molar-refractivity contribution in [2.24, 2.45) is 0 Å². The smallest absolute Gasteiger partial charge is 0.0410 e. The lowest BCUT2D eigenvalue weighted by Crippen LogP contribution is -2.42. The van der Waals surface area contributed by atoms with E-state index < -0.39 is 0 Å². The molecule has 0 spiro atoms. The number of rotatable bonds is 0. The van der Waals surface area contributed by atoms with E-state index in [0.29, 0.717) is 8.65 Å². The molecule has 0 heterocycles. The zero-order valence-corrected chi connectivity index (χ0v) is 9.88. The Hall–Kier alpha value is 0.960. The Kier molecular flexibility index (Phi) is 2.12. The summed E-state index contributed by atoms with van der Waals surface area (Å²) in [5.74, 6) is 0. The second-order valence-electron chi connectivity index (χ2n) is 3.99. The van der Waals surface area contributed by atoms with Crippen molar-refractivity contribution < 1.29 is 0 Å². The molecule has 0 aromatic heterocycles. The van der Waals surface area contributed by atoms with Gasteiger partial charge in [-0.2, -0.15) is 0 Å². The van der Waals surface area contributed by atoms with Crippen LogP contribution in [0.3, 0.4) is 0 Å². The number of hydrogen-bond donors (Lipinski definition) is 0. The lowest BCUT2D eigenvalue weighted by Gasteiger charge is -2.41. The molecule has 0 aromatic rings. The summed E-state index contributed by atoms with van der Waals surface area (Å²) in [4.78, 5) is 0. The van der Waals surface area contributed by atoms with E-state index >= 15 is 0 Å². The molecule has 2 aliphatic carbocycles. The standard InChI is InChI=1S/C9H14Br2/c10-8-4-1-2-5-9(8,11)7-3-6-8/h1-7H2. The maximum atomic E-state index is 3.93. The van der Waals surface area contributed by atoms with E-state index in [9.17, 15) is 0 Å². The summed E-state index contributed by atoms with van der Waals surface area (Å²) in [5, 5.41) is 0. The van der Waals surface area contributed by atoms with Crippen LogP contribution in [0.5, 0.6) is 0 Å². The Balaban J connectivity index is 2.24. The Morgan fingerprint density at radius 1 is 0.636 bits per heavy atom. The van der Waals surface area contributed by atoms with Gasteiger partial charge < -0.3 is 0 Å². The van der Waals surface area contributed by atoms with Crippen LogP contribution < -0.4 is 0 Å². The lowest BCUT2D eigenvalue weighted by molar-refractivity contribution is 0.361. The Morgan fingerprint density at radius 3 is 1.45 bits per heavy atom. The molecule has 64 valence electrons. The third kappa shape index (κ3) is 1.21. The average Bonchev–Trinajstić information content (AvgIpc) is 2.25. The van der Waals surface area contributed by atoms with Gasteiger partial charge in [-0.1, -0.05) is 51.1 Å². The molecule has 2 unspecified atom stereocenters. The first-order valence-corrected chi connectivity index (χ1v) is 6.13. The Morgan fingerprint density at radius 2 is 1.00 bits per heavy atom. The lowest BCUT2D eigenvalue weighted by atomic mass is 9.81. The van der Waals surface area contributed by atoms with Crippen molar-refractivity contribution in [3.8, 4) is 0 Å². The summed E-state index contributed by atoms with van der Waals surface area (Å²) in [7, 11) is 0. The van der Waals surface area contributed by atoms with Crippen molar-refractivity contribution in [3.63, 3.8) is 0 Å². The molecule has 2 aliphatic rings. The zero-order chi connectivity index (χ0) is 7.95. The van der Waals surface area contributed by atoms with Gasteiger partial charge in [-0.15, -0.1) is 0 Å². The van der Waals surface area contributed by atoms with Gasteiger partial charge in [0.15, 0.2) is 0 Å². The van der Waals surface area contributed by atoms with Crippen molar-refractivity contribution in [1.29, 1.82) is 0 Å². The van der Waals surface area contributed by atoms with E-state index in [4.69, 9.17) is 0 Å². The molecule has 0 saturated heterocycles. The molecule has 0 aliphatic heterocycles. The van der Waals surface area contributed by atoms with Crippen LogP contribution in [0.25, 0.3) is 0 Å². The third-order valence-electron chi connectivity index (χ3n) is 3.35. The summed E-state index contributed by atoms with van der Waals surface area (Å²) < 4.78 is 0.913. The highest BCUT2D eigenvalue weighted by Gasteiger charge is 2.52. The van der Waals surface area contributed by atoms with Crippen molar-refractivity contribution in [3.05, 3.63) is 0 Å². The Bertz CT molecular complexity index is 151. The highest BCUT2D eigenvalue weighted by molar-refractivity contribution is 9.13. The van der Waals surface area contributed by atoms with Crippen LogP contribution in [0.4, 0.5) is 0 Å². The van der Waals surface area contributed by atoms with Gasteiger partial charge in [0.25, 0.3) is 0 Å². The first kappa shape index (κ1) is 8.55. The molecule has 0 radical (unpaired) electrons. The van der Waals surface area contributed by atoms with Crippen LogP contribution in [0.1, 0.15) is 44.9 Å². The van der Waals surface area contributed by atoms with Gasteiger partial charge in [0, 0.05) is 8.65 Å². The fraction of sp³-hybridized carbons (Fsp3) is 1.00. The van der Waals surface area contributed by atoms with Gasteiger partial charge in [0.1, 0.15) is 0 Å². The summed E-state index contributed by atoms with van der Waals surface area (Å²) in [6.45, 7) is 0. The monoisotopic (exact) mass is 280 g/mol. The molecule has 11 heavy (non-hydrogen) atoms. The molecule has 0 bridgehead atoms. The molecule has 0 amide bonds. The molecule has 2 saturated carbocycles. The summed E-state index contributed by atoms with van der Waals surface area (Å²) in [6, 6.07) is 0. The fourth-order valence-corrected chi connectivity index (χ4v) is 4.52. The first-order chi connectivity index (χ1) is 5.16. The van der Waals surface area contributed by atoms with Crippen molar-refractivity contribution in [2.75, 3.05) is 0 Å². The van der Waals surface area contributed by atoms with Crippen LogP contribution in [0, 0.1) is 0 Å². The molecular formula is C9H14Br2. The Labute approximate surface area is 85.4 Å². The van der Waals surface area contributed by atoms with Gasteiger partial charge >= 0.3 is 0 Å². The summed E-state index contributed by atoms with van der Waals surface area (Å²) >= 11 is 7.86. The third-order valence-corrected chi connectivity index (χ3v) is 6.98. The van der Waals surface area contributed by atoms with Crippen LogP contribution in [0.15, 0.2) is 0 Å². The molecule has 0 aromatic carbocycles. The highest BCUT2D eigenvalue weighted by atomic mass is 79.9. The van der Waals surface area contributed by atoms with Crippen LogP contribution >= 0.6 is 31.9 Å². The van der Waals surface area contributed by atoms with Crippen LogP contribution in [0.2, 0.25) is 0 Å². The number of fused-ring (bicyclic) bond motifs is 1. The van der Waals surface area contributed by atoms with Crippen molar-refractivity contribution in [2.45, 2.75) is 53.6 Å². The van der Waals surface area contributed by atoms with Crippen LogP contribution in [-0.4, -0.2) is 8.65 Å². The largest absolute Gasteiger partial charge is 0.0838 e. The van der Waals surface area contributed by atoms with Gasteiger partial charge in [0.2, 0.25) is 0 Å². The molecule has 2 fully saturated rings. The average molecular weight is 282 g/mol. The first-order valence-electron chi connectivity index (χ1n) is 4.54. The molecular weight excluding hydrogens is 268 g/mol. The van der Waals surface area contributed by atoms with Crippen LogP contribution in [-0.2, 0) is 0 Å². The quantitative estimate of drug-likeness (QED) is 0.589. The fourth-order valence-electron chi connectivity index (χ4n) is 2.61. The predicted octanol–water partition coefficient (Wildman–Crippen LogP) is 4.01. The molecule has 0 nitrogen and oxygen atoms in total. The van der Waals surface area contributed by atoms with E-state index in [-0.39, 0.29) is 0 Å². The second kappa shape index (κ2) is 2.73. The minimum absolute atomic E-state index is 0.457. The maximum Gasteiger partial charge on any atom is 0.0410 e. The van der Waals surface area contributed by atoms with Crippen molar-refractivity contribution >= 4 is 31.9 Å². The van der Waals surface area contributed by atoms with E-state index in [0.717, 1.165) is 0 Å². The minimum Gasteiger partial charge on any atom is -0.0838 e. The van der Waals surface area contributed by atoms with Crippen molar-refractivity contribution in [1.82, 2.24) is 0 Å². The van der Waals surface area contributed by atoms with Gasteiger partial charge in [-0.3, -0.25) is 0 Å². The number of halogens is 2. The van der Waals surface area contributed by atoms with Gasteiger partial charge in [-0.05, 0) is 25.7 Å². The molecule has 0 N–H and O–H groups in total. The topological polar surface area (TPSA) is 0 Å². The zero-order valence-electron chi connectivity index (χ0n) is 6.71.